The van der Waals surface area contributed by atoms with Gasteiger partial charge in [-0.3, -0.25) is 0 Å². The standard InChI is InChI=1S/C16H19NO/c1-3-17(15-6-4-5-13(2)11-15)12-14-7-9-16(18)10-8-14/h4-11,18H,3,12H2,1-2H3. The van der Waals surface area contributed by atoms with Crippen LogP contribution in [-0.4, -0.2) is 11.7 Å². The molecule has 2 rings (SSSR count). The summed E-state index contributed by atoms with van der Waals surface area (Å²) in [7, 11) is 0. The molecule has 2 nitrogen and oxygen atoms in total. The summed E-state index contributed by atoms with van der Waals surface area (Å²) in [6, 6.07) is 15.9. The molecule has 0 saturated carbocycles. The molecule has 2 heteroatoms. The molecule has 0 aliphatic carbocycles. The number of aryl methyl sites for hydroxylation is 1. The van der Waals surface area contributed by atoms with Gasteiger partial charge in [-0.2, -0.15) is 0 Å². The summed E-state index contributed by atoms with van der Waals surface area (Å²) in [5.41, 5.74) is 3.72. The van der Waals surface area contributed by atoms with Gasteiger partial charge in [-0.15, -0.1) is 0 Å². The maximum atomic E-state index is 9.29. The zero-order valence-corrected chi connectivity index (χ0v) is 10.9. The van der Waals surface area contributed by atoms with E-state index < -0.39 is 0 Å². The van der Waals surface area contributed by atoms with Crippen molar-refractivity contribution in [1.29, 1.82) is 0 Å². The first-order valence-electron chi connectivity index (χ1n) is 6.28. The van der Waals surface area contributed by atoms with Crippen molar-refractivity contribution >= 4 is 5.69 Å². The number of rotatable bonds is 4. The molecule has 94 valence electrons. The van der Waals surface area contributed by atoms with Crippen molar-refractivity contribution in [2.24, 2.45) is 0 Å². The van der Waals surface area contributed by atoms with Crippen LogP contribution in [0.15, 0.2) is 48.5 Å². The van der Waals surface area contributed by atoms with Crippen LogP contribution in [0, 0.1) is 6.92 Å². The van der Waals surface area contributed by atoms with Gasteiger partial charge in [-0.25, -0.2) is 0 Å². The lowest BCUT2D eigenvalue weighted by Crippen LogP contribution is -2.21. The van der Waals surface area contributed by atoms with Gasteiger partial charge in [0.15, 0.2) is 0 Å². The highest BCUT2D eigenvalue weighted by Gasteiger charge is 2.05. The summed E-state index contributed by atoms with van der Waals surface area (Å²) in [6.45, 7) is 6.09. The van der Waals surface area contributed by atoms with Gasteiger partial charge in [-0.1, -0.05) is 24.3 Å². The molecule has 0 radical (unpaired) electrons. The van der Waals surface area contributed by atoms with Crippen molar-refractivity contribution in [3.8, 4) is 5.75 Å². The minimum atomic E-state index is 0.317. The van der Waals surface area contributed by atoms with Crippen LogP contribution in [0.5, 0.6) is 5.75 Å². The maximum absolute atomic E-state index is 9.29. The lowest BCUT2D eigenvalue weighted by atomic mass is 10.1. The highest BCUT2D eigenvalue weighted by atomic mass is 16.3. The summed E-state index contributed by atoms with van der Waals surface area (Å²) in [5, 5.41) is 9.29. The predicted molar refractivity (Wildman–Crippen MR) is 76.0 cm³/mol. The van der Waals surface area contributed by atoms with Crippen molar-refractivity contribution in [1.82, 2.24) is 0 Å². The Labute approximate surface area is 109 Å². The van der Waals surface area contributed by atoms with Crippen molar-refractivity contribution in [3.63, 3.8) is 0 Å². The van der Waals surface area contributed by atoms with E-state index in [1.165, 1.54) is 16.8 Å². The largest absolute Gasteiger partial charge is 0.508 e. The molecule has 0 heterocycles. The Morgan fingerprint density at radius 3 is 2.39 bits per heavy atom. The Bertz CT molecular complexity index is 505. The third-order valence-corrected chi connectivity index (χ3v) is 3.06. The first kappa shape index (κ1) is 12.5. The zero-order chi connectivity index (χ0) is 13.0. The number of phenols is 1. The number of anilines is 1. The van der Waals surface area contributed by atoms with E-state index in [0.29, 0.717) is 5.75 Å². The number of nitrogens with zero attached hydrogens (tertiary/aromatic N) is 1. The molecule has 0 fully saturated rings. The van der Waals surface area contributed by atoms with Crippen molar-refractivity contribution in [2.45, 2.75) is 20.4 Å². The number of phenolic OH excluding ortho intramolecular Hbond substituents is 1. The molecule has 0 bridgehead atoms. The average Bonchev–Trinajstić information content (AvgIpc) is 2.38. The second-order valence-electron chi connectivity index (χ2n) is 4.52. The van der Waals surface area contributed by atoms with E-state index in [0.717, 1.165) is 13.1 Å². The molecule has 0 aliphatic rings. The average molecular weight is 241 g/mol. The monoisotopic (exact) mass is 241 g/mol. The van der Waals surface area contributed by atoms with Gasteiger partial charge in [-0.05, 0) is 49.2 Å². The Morgan fingerprint density at radius 1 is 1.06 bits per heavy atom. The summed E-state index contributed by atoms with van der Waals surface area (Å²) in [6.07, 6.45) is 0. The maximum Gasteiger partial charge on any atom is 0.115 e. The Morgan fingerprint density at radius 2 is 1.78 bits per heavy atom. The zero-order valence-electron chi connectivity index (χ0n) is 10.9. The van der Waals surface area contributed by atoms with Gasteiger partial charge in [0.1, 0.15) is 5.75 Å². The van der Waals surface area contributed by atoms with E-state index in [1.807, 2.05) is 12.1 Å². The lowest BCUT2D eigenvalue weighted by Gasteiger charge is -2.23. The summed E-state index contributed by atoms with van der Waals surface area (Å²) >= 11 is 0. The molecule has 0 aromatic heterocycles. The van der Waals surface area contributed by atoms with E-state index in [1.54, 1.807) is 12.1 Å². The number of hydrogen-bond acceptors (Lipinski definition) is 2. The van der Waals surface area contributed by atoms with Gasteiger partial charge in [0, 0.05) is 18.8 Å². The highest BCUT2D eigenvalue weighted by molar-refractivity contribution is 5.49. The molecule has 0 unspecified atom stereocenters. The van der Waals surface area contributed by atoms with Gasteiger partial charge < -0.3 is 10.0 Å². The molecular formula is C16H19NO. The van der Waals surface area contributed by atoms with E-state index >= 15 is 0 Å². The van der Waals surface area contributed by atoms with Gasteiger partial charge in [0.2, 0.25) is 0 Å². The van der Waals surface area contributed by atoms with Crippen LogP contribution in [-0.2, 0) is 6.54 Å². The molecule has 18 heavy (non-hydrogen) atoms. The molecule has 0 amide bonds. The van der Waals surface area contributed by atoms with Crippen LogP contribution >= 0.6 is 0 Å². The molecule has 0 saturated heterocycles. The van der Waals surface area contributed by atoms with E-state index in [9.17, 15) is 5.11 Å². The quantitative estimate of drug-likeness (QED) is 0.881. The van der Waals surface area contributed by atoms with E-state index in [2.05, 4.69) is 43.0 Å². The van der Waals surface area contributed by atoms with Crippen molar-refractivity contribution in [3.05, 3.63) is 59.7 Å². The van der Waals surface area contributed by atoms with E-state index in [-0.39, 0.29) is 0 Å². The van der Waals surface area contributed by atoms with Crippen LogP contribution in [0.3, 0.4) is 0 Å². The van der Waals surface area contributed by atoms with Crippen LogP contribution in [0.25, 0.3) is 0 Å². The summed E-state index contributed by atoms with van der Waals surface area (Å²) in [5.74, 6) is 0.317. The fourth-order valence-corrected chi connectivity index (χ4v) is 2.03. The second kappa shape index (κ2) is 5.58. The van der Waals surface area contributed by atoms with Gasteiger partial charge in [0.05, 0.1) is 0 Å². The van der Waals surface area contributed by atoms with Gasteiger partial charge in [0.25, 0.3) is 0 Å². The van der Waals surface area contributed by atoms with Crippen LogP contribution in [0.2, 0.25) is 0 Å². The van der Waals surface area contributed by atoms with Gasteiger partial charge >= 0.3 is 0 Å². The highest BCUT2D eigenvalue weighted by Crippen LogP contribution is 2.19. The van der Waals surface area contributed by atoms with Crippen molar-refractivity contribution < 1.29 is 5.11 Å². The van der Waals surface area contributed by atoms with Crippen molar-refractivity contribution in [2.75, 3.05) is 11.4 Å². The SMILES string of the molecule is CCN(Cc1ccc(O)cc1)c1cccc(C)c1. The predicted octanol–water partition coefficient (Wildman–Crippen LogP) is 3.73. The molecule has 0 spiro atoms. The third-order valence-electron chi connectivity index (χ3n) is 3.06. The summed E-state index contributed by atoms with van der Waals surface area (Å²) < 4.78 is 0. The fraction of sp³-hybridized carbons (Fsp3) is 0.250. The van der Waals surface area contributed by atoms with E-state index in [4.69, 9.17) is 0 Å². The smallest absolute Gasteiger partial charge is 0.115 e. The Kier molecular flexibility index (Phi) is 3.88. The first-order valence-corrected chi connectivity index (χ1v) is 6.28. The van der Waals surface area contributed by atoms with Crippen LogP contribution < -0.4 is 4.90 Å². The first-order chi connectivity index (χ1) is 8.69. The number of hydrogen-bond donors (Lipinski definition) is 1. The molecule has 0 atom stereocenters. The molecular weight excluding hydrogens is 222 g/mol. The fourth-order valence-electron chi connectivity index (χ4n) is 2.03. The Balaban J connectivity index is 2.17. The lowest BCUT2D eigenvalue weighted by molar-refractivity contribution is 0.475. The minimum absolute atomic E-state index is 0.317. The number of aromatic hydroxyl groups is 1. The third kappa shape index (κ3) is 3.04. The van der Waals surface area contributed by atoms with Crippen LogP contribution in [0.4, 0.5) is 5.69 Å². The second-order valence-corrected chi connectivity index (χ2v) is 4.52. The molecule has 2 aromatic carbocycles. The summed E-state index contributed by atoms with van der Waals surface area (Å²) in [4.78, 5) is 2.32. The normalized spacial score (nSPS) is 10.3. The minimum Gasteiger partial charge on any atom is -0.508 e. The molecule has 2 aromatic rings. The Hall–Kier alpha value is -1.96. The molecule has 0 aliphatic heterocycles. The van der Waals surface area contributed by atoms with Crippen LogP contribution in [0.1, 0.15) is 18.1 Å². The topological polar surface area (TPSA) is 23.5 Å². The molecule has 1 N–H and O–H groups in total. The number of benzene rings is 2.